The molecule has 25 heavy (non-hydrogen) atoms. The molecule has 0 aromatic carbocycles. The molecular formula is C17H20F2N2O3S. The van der Waals surface area contributed by atoms with Crippen LogP contribution in [-0.2, 0) is 9.53 Å². The zero-order chi connectivity index (χ0) is 17.8. The van der Waals surface area contributed by atoms with Crippen molar-refractivity contribution in [2.24, 2.45) is 11.3 Å². The van der Waals surface area contributed by atoms with Crippen molar-refractivity contribution in [2.75, 3.05) is 26.3 Å². The topological polar surface area (TPSA) is 58.6 Å². The zero-order valence-corrected chi connectivity index (χ0v) is 14.7. The maximum atomic E-state index is 13.0. The normalized spacial score (nSPS) is 30.8. The second kappa shape index (κ2) is 5.74. The molecule has 3 heterocycles. The molecular weight excluding hydrogens is 350 g/mol. The molecule has 1 aromatic rings. The molecule has 0 unspecified atom stereocenters. The second-order valence-corrected chi connectivity index (χ2v) is 8.39. The number of halogens is 2. The molecule has 4 rings (SSSR count). The van der Waals surface area contributed by atoms with Crippen LogP contribution in [0, 0.1) is 18.3 Å². The van der Waals surface area contributed by atoms with Crippen LogP contribution in [0.4, 0.5) is 8.78 Å². The van der Waals surface area contributed by atoms with E-state index in [1.807, 2.05) is 18.4 Å². The Hall–Kier alpha value is -1.54. The minimum absolute atomic E-state index is 0.0742. The first-order chi connectivity index (χ1) is 11.8. The highest BCUT2D eigenvalue weighted by molar-refractivity contribution is 7.12. The predicted molar refractivity (Wildman–Crippen MR) is 87.8 cm³/mol. The number of rotatable bonds is 3. The van der Waals surface area contributed by atoms with E-state index < -0.39 is 17.4 Å². The summed E-state index contributed by atoms with van der Waals surface area (Å²) in [6.07, 6.45) is -0.616. The first-order valence-electron chi connectivity index (χ1n) is 8.40. The number of thiophene rings is 1. The molecule has 2 atom stereocenters. The summed E-state index contributed by atoms with van der Waals surface area (Å²) in [5.74, 6) is -3.09. The number of hydrogen-bond acceptors (Lipinski definition) is 4. The maximum absolute atomic E-state index is 13.0. The Kier molecular flexibility index (Phi) is 3.88. The lowest BCUT2D eigenvalue weighted by Crippen LogP contribution is -2.56. The Morgan fingerprint density at radius 1 is 1.40 bits per heavy atom. The monoisotopic (exact) mass is 370 g/mol. The first kappa shape index (κ1) is 16.9. The molecule has 1 aliphatic carbocycles. The third-order valence-corrected chi connectivity index (χ3v) is 6.52. The smallest absolute Gasteiger partial charge is 0.263 e. The number of nitrogens with zero attached hydrogens (tertiary/aromatic N) is 1. The van der Waals surface area contributed by atoms with Crippen molar-refractivity contribution < 1.29 is 23.1 Å². The fourth-order valence-electron chi connectivity index (χ4n) is 4.00. The van der Waals surface area contributed by atoms with Crippen LogP contribution >= 0.6 is 11.3 Å². The van der Waals surface area contributed by atoms with E-state index in [9.17, 15) is 18.4 Å². The van der Waals surface area contributed by atoms with Gasteiger partial charge in [0.25, 0.3) is 11.8 Å². The zero-order valence-electron chi connectivity index (χ0n) is 13.9. The van der Waals surface area contributed by atoms with Gasteiger partial charge in [0.05, 0.1) is 23.5 Å². The molecule has 5 nitrogen and oxygen atoms in total. The molecule has 2 amide bonds. The quantitative estimate of drug-likeness (QED) is 0.886. The van der Waals surface area contributed by atoms with Gasteiger partial charge >= 0.3 is 0 Å². The summed E-state index contributed by atoms with van der Waals surface area (Å²) in [4.78, 5) is 27.9. The van der Waals surface area contributed by atoms with Gasteiger partial charge in [-0.25, -0.2) is 8.78 Å². The van der Waals surface area contributed by atoms with Crippen molar-refractivity contribution in [3.63, 3.8) is 0 Å². The standard InChI is InChI=1S/C17H20F2N2O3S/c1-10-2-13(25-7-10)14(22)21-5-11-6-24-9-16(11,8-21)15(23)20-12-3-17(18,19)4-12/h2,7,11-12H,3-6,8-9H2,1H3,(H,20,23)/t11-,16-/m1/s1. The van der Waals surface area contributed by atoms with Crippen molar-refractivity contribution in [1.82, 2.24) is 10.2 Å². The molecule has 1 saturated carbocycles. The lowest BCUT2D eigenvalue weighted by molar-refractivity contribution is -0.138. The number of carbonyl (C=O) groups is 2. The maximum Gasteiger partial charge on any atom is 0.263 e. The number of alkyl halides is 2. The molecule has 8 heteroatoms. The number of likely N-dealkylation sites (tertiary alicyclic amines) is 1. The molecule has 3 fully saturated rings. The summed E-state index contributed by atoms with van der Waals surface area (Å²) < 4.78 is 31.5. The van der Waals surface area contributed by atoms with Crippen LogP contribution in [0.1, 0.15) is 28.1 Å². The van der Waals surface area contributed by atoms with Gasteiger partial charge in [-0.3, -0.25) is 9.59 Å². The van der Waals surface area contributed by atoms with Gasteiger partial charge in [-0.05, 0) is 23.9 Å². The van der Waals surface area contributed by atoms with Gasteiger partial charge in [-0.1, -0.05) is 0 Å². The fourth-order valence-corrected chi connectivity index (χ4v) is 4.87. The molecule has 0 spiro atoms. The van der Waals surface area contributed by atoms with E-state index in [1.165, 1.54) is 11.3 Å². The highest BCUT2D eigenvalue weighted by atomic mass is 32.1. The van der Waals surface area contributed by atoms with Crippen LogP contribution in [0.25, 0.3) is 0 Å². The highest BCUT2D eigenvalue weighted by Gasteiger charge is 2.58. The molecule has 0 bridgehead atoms. The second-order valence-electron chi connectivity index (χ2n) is 7.48. The number of fused-ring (bicyclic) bond motifs is 1. The number of amides is 2. The Balaban J connectivity index is 1.47. The van der Waals surface area contributed by atoms with Gasteiger partial charge in [0.2, 0.25) is 5.91 Å². The number of nitrogens with one attached hydrogen (secondary N) is 1. The van der Waals surface area contributed by atoms with Crippen LogP contribution in [0.15, 0.2) is 11.4 Å². The van der Waals surface area contributed by atoms with Gasteiger partial charge in [0, 0.05) is 37.9 Å². The SMILES string of the molecule is Cc1csc(C(=O)N2C[C@@H]3COC[C@]3(C(=O)NC3CC(F)(F)C3)C2)c1. The van der Waals surface area contributed by atoms with Crippen molar-refractivity contribution >= 4 is 23.2 Å². The number of carbonyl (C=O) groups excluding carboxylic acids is 2. The number of hydrogen-bond donors (Lipinski definition) is 1. The number of ether oxygens (including phenoxy) is 1. The molecule has 3 aliphatic rings. The van der Waals surface area contributed by atoms with Crippen LogP contribution in [-0.4, -0.2) is 55.0 Å². The van der Waals surface area contributed by atoms with Crippen LogP contribution in [0.5, 0.6) is 0 Å². The summed E-state index contributed by atoms with van der Waals surface area (Å²) in [7, 11) is 0. The predicted octanol–water partition coefficient (Wildman–Crippen LogP) is 2.06. The third kappa shape index (κ3) is 2.85. The average molecular weight is 370 g/mol. The van der Waals surface area contributed by atoms with Crippen LogP contribution in [0.3, 0.4) is 0 Å². The first-order valence-corrected chi connectivity index (χ1v) is 9.28. The molecule has 2 saturated heterocycles. The van der Waals surface area contributed by atoms with E-state index in [0.29, 0.717) is 18.0 Å². The summed E-state index contributed by atoms with van der Waals surface area (Å²) in [5.41, 5.74) is 0.224. The van der Waals surface area contributed by atoms with E-state index in [-0.39, 0.29) is 43.7 Å². The molecule has 2 aliphatic heterocycles. The number of aryl methyl sites for hydroxylation is 1. The van der Waals surface area contributed by atoms with E-state index in [1.54, 1.807) is 4.90 Å². The van der Waals surface area contributed by atoms with Crippen LogP contribution < -0.4 is 5.32 Å². The van der Waals surface area contributed by atoms with Crippen molar-refractivity contribution in [1.29, 1.82) is 0 Å². The van der Waals surface area contributed by atoms with Gasteiger partial charge < -0.3 is 15.0 Å². The van der Waals surface area contributed by atoms with Crippen molar-refractivity contribution in [2.45, 2.75) is 31.7 Å². The van der Waals surface area contributed by atoms with Gasteiger partial charge in [-0.2, -0.15) is 0 Å². The molecule has 1 aromatic heterocycles. The lowest BCUT2D eigenvalue weighted by Gasteiger charge is -2.37. The van der Waals surface area contributed by atoms with E-state index in [2.05, 4.69) is 5.32 Å². The lowest BCUT2D eigenvalue weighted by atomic mass is 9.79. The van der Waals surface area contributed by atoms with E-state index >= 15 is 0 Å². The molecule has 0 radical (unpaired) electrons. The van der Waals surface area contributed by atoms with E-state index in [0.717, 1.165) is 5.56 Å². The van der Waals surface area contributed by atoms with Crippen molar-refractivity contribution in [3.8, 4) is 0 Å². The Labute approximate surface area is 148 Å². The molecule has 1 N–H and O–H groups in total. The van der Waals surface area contributed by atoms with Crippen LogP contribution in [0.2, 0.25) is 0 Å². The van der Waals surface area contributed by atoms with Gasteiger partial charge in [0.1, 0.15) is 0 Å². The minimum Gasteiger partial charge on any atom is -0.380 e. The summed E-state index contributed by atoms with van der Waals surface area (Å²) in [6.45, 7) is 3.33. The Morgan fingerprint density at radius 3 is 2.80 bits per heavy atom. The average Bonchev–Trinajstić information content (AvgIpc) is 3.17. The minimum atomic E-state index is -2.67. The fraction of sp³-hybridized carbons (Fsp3) is 0.647. The van der Waals surface area contributed by atoms with Crippen molar-refractivity contribution in [3.05, 3.63) is 21.9 Å². The largest absolute Gasteiger partial charge is 0.380 e. The highest BCUT2D eigenvalue weighted by Crippen LogP contribution is 2.44. The van der Waals surface area contributed by atoms with E-state index in [4.69, 9.17) is 4.74 Å². The summed E-state index contributed by atoms with van der Waals surface area (Å²) in [5, 5.41) is 4.67. The molecule has 136 valence electrons. The van der Waals surface area contributed by atoms with Gasteiger partial charge in [0.15, 0.2) is 0 Å². The third-order valence-electron chi connectivity index (χ3n) is 5.48. The Bertz CT molecular complexity index is 715. The Morgan fingerprint density at radius 2 is 2.16 bits per heavy atom. The summed E-state index contributed by atoms with van der Waals surface area (Å²) >= 11 is 1.40. The van der Waals surface area contributed by atoms with Gasteiger partial charge in [-0.15, -0.1) is 11.3 Å². The summed E-state index contributed by atoms with van der Waals surface area (Å²) in [6, 6.07) is 1.36.